The SMILES string of the molecule is COc1cc2c(cc1C(=O)Nc1cccc(-c3nnc4n3CCC4)n1)CN(C(=O)C1CCOC1)CC2. The number of rotatable bonds is 5. The van der Waals surface area contributed by atoms with Crippen LogP contribution >= 0.6 is 0 Å². The quantitative estimate of drug-likeness (QED) is 0.587. The van der Waals surface area contributed by atoms with Crippen LogP contribution in [0.3, 0.4) is 0 Å². The van der Waals surface area contributed by atoms with E-state index in [4.69, 9.17) is 9.47 Å². The summed E-state index contributed by atoms with van der Waals surface area (Å²) in [5, 5.41) is 11.4. The fraction of sp³-hybridized carbons (Fsp3) is 0.423. The summed E-state index contributed by atoms with van der Waals surface area (Å²) in [6, 6.07) is 9.20. The lowest BCUT2D eigenvalue weighted by Crippen LogP contribution is -2.40. The van der Waals surface area contributed by atoms with Crippen molar-refractivity contribution in [3.63, 3.8) is 0 Å². The molecule has 3 aliphatic heterocycles. The molecule has 6 rings (SSSR count). The molecule has 10 nitrogen and oxygen atoms in total. The normalized spacial score (nSPS) is 18.6. The van der Waals surface area contributed by atoms with E-state index in [-0.39, 0.29) is 17.7 Å². The van der Waals surface area contributed by atoms with E-state index in [9.17, 15) is 9.59 Å². The number of aromatic nitrogens is 4. The minimum Gasteiger partial charge on any atom is -0.496 e. The van der Waals surface area contributed by atoms with Crippen LogP contribution < -0.4 is 10.1 Å². The van der Waals surface area contributed by atoms with Gasteiger partial charge in [0.15, 0.2) is 5.82 Å². The number of carbonyl (C=O) groups is 2. The van der Waals surface area contributed by atoms with Crippen molar-refractivity contribution in [2.24, 2.45) is 5.92 Å². The minimum atomic E-state index is -0.321. The second kappa shape index (κ2) is 9.34. The number of carbonyl (C=O) groups excluding carboxylic acids is 2. The van der Waals surface area contributed by atoms with E-state index in [1.807, 2.05) is 29.2 Å². The van der Waals surface area contributed by atoms with Gasteiger partial charge in [-0.3, -0.25) is 9.59 Å². The molecule has 1 N–H and O–H groups in total. The average Bonchev–Trinajstić information content (AvgIpc) is 3.66. The lowest BCUT2D eigenvalue weighted by molar-refractivity contribution is -0.136. The number of hydrogen-bond acceptors (Lipinski definition) is 7. The Kier molecular flexibility index (Phi) is 5.88. The lowest BCUT2D eigenvalue weighted by atomic mass is 9.95. The standard InChI is InChI=1S/C26H28N6O4/c1-35-21-13-16-7-10-31(26(34)17-8-11-36-15-17)14-18(16)12-19(21)25(33)28-22-5-2-4-20(27-22)24-30-29-23-6-3-9-32(23)24/h2,4-5,12-13,17H,3,6-11,14-15H2,1H3,(H,27,28,33). The van der Waals surface area contributed by atoms with Crippen LogP contribution in [0.25, 0.3) is 11.5 Å². The Labute approximate surface area is 208 Å². The number of nitrogens with one attached hydrogen (secondary N) is 1. The zero-order valence-corrected chi connectivity index (χ0v) is 20.2. The van der Waals surface area contributed by atoms with Crippen LogP contribution in [0.4, 0.5) is 5.82 Å². The highest BCUT2D eigenvalue weighted by molar-refractivity contribution is 6.06. The molecule has 1 fully saturated rings. The fourth-order valence-electron chi connectivity index (χ4n) is 5.26. The summed E-state index contributed by atoms with van der Waals surface area (Å²) in [5.41, 5.74) is 3.12. The molecule has 5 heterocycles. The molecule has 3 aromatic rings. The molecule has 2 aromatic heterocycles. The highest BCUT2D eigenvalue weighted by Gasteiger charge is 2.31. The van der Waals surface area contributed by atoms with Gasteiger partial charge in [0.1, 0.15) is 23.1 Å². The lowest BCUT2D eigenvalue weighted by Gasteiger charge is -2.31. The van der Waals surface area contributed by atoms with Crippen molar-refractivity contribution >= 4 is 17.6 Å². The van der Waals surface area contributed by atoms with E-state index in [0.717, 1.165) is 49.2 Å². The molecule has 2 amide bonds. The van der Waals surface area contributed by atoms with Crippen molar-refractivity contribution in [3.8, 4) is 17.3 Å². The molecule has 0 saturated carbocycles. The van der Waals surface area contributed by atoms with Crippen LogP contribution in [0, 0.1) is 5.92 Å². The van der Waals surface area contributed by atoms with Crippen LogP contribution in [-0.4, -0.2) is 63.3 Å². The van der Waals surface area contributed by atoms with E-state index in [1.165, 1.54) is 0 Å². The number of methoxy groups -OCH3 is 1. The molecule has 1 unspecified atom stereocenters. The van der Waals surface area contributed by atoms with Crippen LogP contribution in [0.1, 0.15) is 40.2 Å². The van der Waals surface area contributed by atoms with Gasteiger partial charge in [0.2, 0.25) is 5.91 Å². The van der Waals surface area contributed by atoms with Gasteiger partial charge in [-0.2, -0.15) is 0 Å². The third-order valence-corrected chi connectivity index (χ3v) is 7.20. The first-order valence-corrected chi connectivity index (χ1v) is 12.4. The van der Waals surface area contributed by atoms with Crippen molar-refractivity contribution in [2.75, 3.05) is 32.2 Å². The van der Waals surface area contributed by atoms with E-state index in [0.29, 0.717) is 55.0 Å². The van der Waals surface area contributed by atoms with Crippen molar-refractivity contribution in [1.29, 1.82) is 0 Å². The summed E-state index contributed by atoms with van der Waals surface area (Å²) in [6.07, 6.45) is 3.45. The topological polar surface area (TPSA) is 111 Å². The molecular formula is C26H28N6O4. The first kappa shape index (κ1) is 22.7. The molecular weight excluding hydrogens is 460 g/mol. The molecule has 0 radical (unpaired) electrons. The van der Waals surface area contributed by atoms with Crippen molar-refractivity contribution in [3.05, 3.63) is 52.8 Å². The zero-order chi connectivity index (χ0) is 24.6. The maximum atomic E-state index is 13.3. The summed E-state index contributed by atoms with van der Waals surface area (Å²) in [7, 11) is 1.56. The molecule has 0 aliphatic carbocycles. The third kappa shape index (κ3) is 4.11. The summed E-state index contributed by atoms with van der Waals surface area (Å²) in [6.45, 7) is 3.12. The van der Waals surface area contributed by atoms with Crippen molar-refractivity contribution in [2.45, 2.75) is 38.8 Å². The monoisotopic (exact) mass is 488 g/mol. The maximum Gasteiger partial charge on any atom is 0.260 e. The molecule has 0 bridgehead atoms. The zero-order valence-electron chi connectivity index (χ0n) is 20.2. The van der Waals surface area contributed by atoms with Gasteiger partial charge in [-0.05, 0) is 54.7 Å². The largest absolute Gasteiger partial charge is 0.496 e. The predicted molar refractivity (Wildman–Crippen MR) is 131 cm³/mol. The number of hydrogen-bond donors (Lipinski definition) is 1. The molecule has 0 spiro atoms. The van der Waals surface area contributed by atoms with Crippen LogP contribution in [0.15, 0.2) is 30.3 Å². The number of fused-ring (bicyclic) bond motifs is 2. The molecule has 1 saturated heterocycles. The molecule has 36 heavy (non-hydrogen) atoms. The van der Waals surface area contributed by atoms with Crippen LogP contribution in [0.5, 0.6) is 5.75 Å². The highest BCUT2D eigenvalue weighted by Crippen LogP contribution is 2.30. The molecule has 3 aliphatic rings. The van der Waals surface area contributed by atoms with E-state index >= 15 is 0 Å². The van der Waals surface area contributed by atoms with Gasteiger partial charge in [-0.15, -0.1) is 10.2 Å². The fourth-order valence-corrected chi connectivity index (χ4v) is 5.26. The number of nitrogens with zero attached hydrogens (tertiary/aromatic N) is 5. The van der Waals surface area contributed by atoms with Crippen molar-refractivity contribution in [1.82, 2.24) is 24.6 Å². The van der Waals surface area contributed by atoms with Gasteiger partial charge in [0.05, 0.1) is 25.2 Å². The van der Waals surface area contributed by atoms with Crippen LogP contribution in [0.2, 0.25) is 0 Å². The Morgan fingerprint density at radius 1 is 1.14 bits per heavy atom. The van der Waals surface area contributed by atoms with E-state index in [1.54, 1.807) is 13.2 Å². The smallest absolute Gasteiger partial charge is 0.260 e. The highest BCUT2D eigenvalue weighted by atomic mass is 16.5. The summed E-state index contributed by atoms with van der Waals surface area (Å²) in [5.74, 6) is 2.33. The second-order valence-electron chi connectivity index (χ2n) is 9.45. The number of anilines is 1. The molecule has 1 aromatic carbocycles. The number of ether oxygens (including phenoxy) is 2. The maximum absolute atomic E-state index is 13.3. The molecule has 1 atom stereocenters. The number of benzene rings is 1. The molecule has 186 valence electrons. The average molecular weight is 489 g/mol. The molecule has 10 heteroatoms. The summed E-state index contributed by atoms with van der Waals surface area (Å²) in [4.78, 5) is 32.7. The van der Waals surface area contributed by atoms with Crippen molar-refractivity contribution < 1.29 is 19.1 Å². The first-order chi connectivity index (χ1) is 17.6. The minimum absolute atomic E-state index is 0.0718. The Balaban J connectivity index is 1.23. The van der Waals surface area contributed by atoms with Gasteiger partial charge in [-0.1, -0.05) is 6.07 Å². The van der Waals surface area contributed by atoms with E-state index in [2.05, 4.69) is 25.1 Å². The number of pyridine rings is 1. The first-order valence-electron chi connectivity index (χ1n) is 12.4. The van der Waals surface area contributed by atoms with Gasteiger partial charge in [0.25, 0.3) is 5.91 Å². The Bertz CT molecular complexity index is 1330. The van der Waals surface area contributed by atoms with Gasteiger partial charge < -0.3 is 24.3 Å². The predicted octanol–water partition coefficient (Wildman–Crippen LogP) is 2.47. The van der Waals surface area contributed by atoms with Gasteiger partial charge >= 0.3 is 0 Å². The van der Waals surface area contributed by atoms with E-state index < -0.39 is 0 Å². The second-order valence-corrected chi connectivity index (χ2v) is 9.45. The Hall–Kier alpha value is -3.79. The third-order valence-electron chi connectivity index (χ3n) is 7.20. The van der Waals surface area contributed by atoms with Crippen LogP contribution in [-0.2, 0) is 35.5 Å². The summed E-state index contributed by atoms with van der Waals surface area (Å²) < 4.78 is 13.0. The summed E-state index contributed by atoms with van der Waals surface area (Å²) >= 11 is 0. The number of aryl methyl sites for hydroxylation is 1. The van der Waals surface area contributed by atoms with Gasteiger partial charge in [-0.25, -0.2) is 4.98 Å². The Morgan fingerprint density at radius 3 is 2.89 bits per heavy atom. The van der Waals surface area contributed by atoms with Gasteiger partial charge in [0, 0.05) is 32.7 Å². The Morgan fingerprint density at radius 2 is 2.06 bits per heavy atom. The number of amides is 2.